The topological polar surface area (TPSA) is 55.4 Å². The van der Waals surface area contributed by atoms with Crippen LogP contribution in [0.3, 0.4) is 0 Å². The highest BCUT2D eigenvalue weighted by Gasteiger charge is 2.03. The lowest BCUT2D eigenvalue weighted by Crippen LogP contribution is -2.04. The predicted molar refractivity (Wildman–Crippen MR) is 105 cm³/mol. The molecule has 0 radical (unpaired) electrons. The van der Waals surface area contributed by atoms with Gasteiger partial charge in [0.15, 0.2) is 0 Å². The molecule has 0 bridgehead atoms. The largest absolute Gasteiger partial charge is 0.496 e. The molecular formula is C21H23N3O2. The van der Waals surface area contributed by atoms with Gasteiger partial charge in [-0.05, 0) is 24.3 Å². The van der Waals surface area contributed by atoms with Crippen LogP contribution in [0.1, 0.15) is 11.1 Å². The molecule has 0 aliphatic rings. The van der Waals surface area contributed by atoms with Gasteiger partial charge in [-0.15, -0.1) is 0 Å². The minimum absolute atomic E-state index is 0.658. The Morgan fingerprint density at radius 1 is 0.731 bits per heavy atom. The number of benzene rings is 2. The van der Waals surface area contributed by atoms with Crippen molar-refractivity contribution in [2.75, 3.05) is 24.9 Å². The van der Waals surface area contributed by atoms with E-state index < -0.39 is 0 Å². The Morgan fingerprint density at radius 3 is 1.85 bits per heavy atom. The van der Waals surface area contributed by atoms with Crippen LogP contribution in [-0.4, -0.2) is 19.2 Å². The molecule has 5 heteroatoms. The lowest BCUT2D eigenvalue weighted by molar-refractivity contribution is 0.410. The first-order chi connectivity index (χ1) is 12.8. The summed E-state index contributed by atoms with van der Waals surface area (Å²) in [5, 5.41) is 6.68. The molecule has 1 heterocycles. The van der Waals surface area contributed by atoms with E-state index in [0.29, 0.717) is 13.1 Å². The molecule has 0 fully saturated rings. The van der Waals surface area contributed by atoms with Gasteiger partial charge in [0, 0.05) is 24.2 Å². The Hall–Kier alpha value is -3.21. The number of nitrogens with zero attached hydrogens (tertiary/aromatic N) is 1. The van der Waals surface area contributed by atoms with Gasteiger partial charge in [-0.3, -0.25) is 0 Å². The Morgan fingerprint density at radius 2 is 1.31 bits per heavy atom. The van der Waals surface area contributed by atoms with Crippen LogP contribution in [0.15, 0.2) is 66.9 Å². The second-order valence-corrected chi connectivity index (χ2v) is 5.76. The number of pyridine rings is 1. The maximum absolute atomic E-state index is 5.37. The van der Waals surface area contributed by atoms with Crippen LogP contribution in [0.25, 0.3) is 0 Å². The van der Waals surface area contributed by atoms with Gasteiger partial charge in [-0.25, -0.2) is 4.98 Å². The lowest BCUT2D eigenvalue weighted by Gasteiger charge is -2.12. The van der Waals surface area contributed by atoms with Crippen molar-refractivity contribution in [1.82, 2.24) is 4.98 Å². The van der Waals surface area contributed by atoms with Crippen LogP contribution in [0.2, 0.25) is 0 Å². The zero-order chi connectivity index (χ0) is 18.2. The molecule has 0 saturated heterocycles. The van der Waals surface area contributed by atoms with E-state index in [-0.39, 0.29) is 0 Å². The minimum Gasteiger partial charge on any atom is -0.496 e. The van der Waals surface area contributed by atoms with Crippen LogP contribution >= 0.6 is 0 Å². The molecule has 26 heavy (non-hydrogen) atoms. The fourth-order valence-electron chi connectivity index (χ4n) is 2.68. The first-order valence-corrected chi connectivity index (χ1v) is 8.47. The van der Waals surface area contributed by atoms with Gasteiger partial charge >= 0.3 is 0 Å². The second kappa shape index (κ2) is 8.76. The van der Waals surface area contributed by atoms with E-state index in [1.54, 1.807) is 14.2 Å². The van der Waals surface area contributed by atoms with Crippen LogP contribution in [0.4, 0.5) is 11.5 Å². The fourth-order valence-corrected chi connectivity index (χ4v) is 2.68. The Balaban J connectivity index is 1.56. The third kappa shape index (κ3) is 4.45. The first kappa shape index (κ1) is 17.6. The summed E-state index contributed by atoms with van der Waals surface area (Å²) in [4.78, 5) is 4.46. The number of methoxy groups -OCH3 is 2. The summed E-state index contributed by atoms with van der Waals surface area (Å²) in [6.07, 6.45) is 1.82. The van der Waals surface area contributed by atoms with Gasteiger partial charge in [-0.1, -0.05) is 36.4 Å². The molecule has 5 nitrogen and oxygen atoms in total. The number of hydrogen-bond donors (Lipinski definition) is 2. The van der Waals surface area contributed by atoms with Crippen molar-refractivity contribution in [3.8, 4) is 11.5 Å². The molecule has 2 aromatic carbocycles. The molecule has 1 aromatic heterocycles. The summed E-state index contributed by atoms with van der Waals surface area (Å²) in [7, 11) is 3.36. The third-order valence-corrected chi connectivity index (χ3v) is 4.09. The molecule has 0 saturated carbocycles. The maximum atomic E-state index is 5.37. The Kier molecular flexibility index (Phi) is 5.93. The van der Waals surface area contributed by atoms with Gasteiger partial charge in [0.1, 0.15) is 17.3 Å². The fraction of sp³-hybridized carbons (Fsp3) is 0.190. The van der Waals surface area contributed by atoms with E-state index >= 15 is 0 Å². The summed E-state index contributed by atoms with van der Waals surface area (Å²) in [6, 6.07) is 19.9. The normalized spacial score (nSPS) is 10.2. The maximum Gasteiger partial charge on any atom is 0.126 e. The monoisotopic (exact) mass is 349 g/mol. The van der Waals surface area contributed by atoms with E-state index in [4.69, 9.17) is 9.47 Å². The summed E-state index contributed by atoms with van der Waals surface area (Å²) in [5.74, 6) is 2.57. The van der Waals surface area contributed by atoms with E-state index in [9.17, 15) is 0 Å². The van der Waals surface area contributed by atoms with Crippen molar-refractivity contribution in [1.29, 1.82) is 0 Å². The summed E-state index contributed by atoms with van der Waals surface area (Å²) in [6.45, 7) is 1.34. The SMILES string of the molecule is COc1ccccc1CNc1ccc(NCc2ccccc2OC)nc1. The highest BCUT2D eigenvalue weighted by Crippen LogP contribution is 2.20. The number of para-hydroxylation sites is 2. The number of nitrogens with one attached hydrogen (secondary N) is 2. The van der Waals surface area contributed by atoms with Crippen LogP contribution in [0, 0.1) is 0 Å². The smallest absolute Gasteiger partial charge is 0.126 e. The molecule has 0 atom stereocenters. The molecule has 2 N–H and O–H groups in total. The molecule has 0 spiro atoms. The van der Waals surface area contributed by atoms with Crippen molar-refractivity contribution in [3.63, 3.8) is 0 Å². The zero-order valence-electron chi connectivity index (χ0n) is 15.0. The van der Waals surface area contributed by atoms with Crippen molar-refractivity contribution >= 4 is 11.5 Å². The van der Waals surface area contributed by atoms with Crippen molar-refractivity contribution in [3.05, 3.63) is 78.0 Å². The average Bonchev–Trinajstić information content (AvgIpc) is 2.72. The molecule has 0 unspecified atom stereocenters. The van der Waals surface area contributed by atoms with Gasteiger partial charge in [0.25, 0.3) is 0 Å². The van der Waals surface area contributed by atoms with E-state index in [0.717, 1.165) is 34.1 Å². The molecule has 0 aliphatic heterocycles. The van der Waals surface area contributed by atoms with Gasteiger partial charge < -0.3 is 20.1 Å². The number of aromatic nitrogens is 1. The van der Waals surface area contributed by atoms with Crippen LogP contribution in [-0.2, 0) is 13.1 Å². The number of anilines is 2. The number of rotatable bonds is 8. The third-order valence-electron chi connectivity index (χ3n) is 4.09. The summed E-state index contributed by atoms with van der Waals surface area (Å²) in [5.41, 5.74) is 3.15. The standard InChI is InChI=1S/C21H23N3O2/c1-25-19-9-5-3-7-16(19)13-22-18-11-12-21(24-15-18)23-14-17-8-4-6-10-20(17)26-2/h3-12,15,22H,13-14H2,1-2H3,(H,23,24). The highest BCUT2D eigenvalue weighted by molar-refractivity contribution is 5.49. The predicted octanol–water partition coefficient (Wildman–Crippen LogP) is 4.32. The second-order valence-electron chi connectivity index (χ2n) is 5.76. The number of hydrogen-bond acceptors (Lipinski definition) is 5. The lowest BCUT2D eigenvalue weighted by atomic mass is 10.2. The van der Waals surface area contributed by atoms with Gasteiger partial charge in [-0.2, -0.15) is 0 Å². The molecule has 3 rings (SSSR count). The van der Waals surface area contributed by atoms with Gasteiger partial charge in [0.2, 0.25) is 0 Å². The molecule has 134 valence electrons. The highest BCUT2D eigenvalue weighted by atomic mass is 16.5. The quantitative estimate of drug-likeness (QED) is 0.634. The van der Waals surface area contributed by atoms with Crippen molar-refractivity contribution in [2.45, 2.75) is 13.1 Å². The van der Waals surface area contributed by atoms with Crippen molar-refractivity contribution < 1.29 is 9.47 Å². The minimum atomic E-state index is 0.658. The summed E-state index contributed by atoms with van der Waals surface area (Å²) >= 11 is 0. The summed E-state index contributed by atoms with van der Waals surface area (Å²) < 4.78 is 10.7. The molecular weight excluding hydrogens is 326 g/mol. The van der Waals surface area contributed by atoms with Crippen LogP contribution < -0.4 is 20.1 Å². The van der Waals surface area contributed by atoms with Gasteiger partial charge in [0.05, 0.1) is 26.1 Å². The first-order valence-electron chi connectivity index (χ1n) is 8.47. The molecule has 0 amide bonds. The van der Waals surface area contributed by atoms with E-state index in [1.807, 2.05) is 66.9 Å². The van der Waals surface area contributed by atoms with Crippen molar-refractivity contribution in [2.24, 2.45) is 0 Å². The molecule has 3 aromatic rings. The zero-order valence-corrected chi connectivity index (χ0v) is 15.0. The Bertz CT molecular complexity index is 764. The van der Waals surface area contributed by atoms with E-state index in [1.165, 1.54) is 0 Å². The Labute approximate surface area is 154 Å². The van der Waals surface area contributed by atoms with E-state index in [2.05, 4.69) is 15.6 Å². The number of ether oxygens (including phenoxy) is 2. The average molecular weight is 349 g/mol. The molecule has 0 aliphatic carbocycles. The van der Waals surface area contributed by atoms with Crippen LogP contribution in [0.5, 0.6) is 11.5 Å².